The van der Waals surface area contributed by atoms with Gasteiger partial charge in [-0.2, -0.15) is 0 Å². The highest BCUT2D eigenvalue weighted by Gasteiger charge is 2.30. The molecule has 3 aromatic rings. The van der Waals surface area contributed by atoms with E-state index in [-0.39, 0.29) is 17.3 Å². The molecule has 0 spiro atoms. The molecular weight excluding hydrogens is 536 g/mol. The fourth-order valence-electron chi connectivity index (χ4n) is 5.40. The van der Waals surface area contributed by atoms with E-state index in [1.807, 2.05) is 24.3 Å². The van der Waals surface area contributed by atoms with Gasteiger partial charge in [-0.25, -0.2) is 4.79 Å². The van der Waals surface area contributed by atoms with Gasteiger partial charge in [0.25, 0.3) is 17.5 Å². The maximum absolute atomic E-state index is 13.3. The van der Waals surface area contributed by atoms with E-state index in [0.717, 1.165) is 30.8 Å². The number of amides is 4. The number of hydrogen-bond donors (Lipinski definition) is 4. The zero-order chi connectivity index (χ0) is 29.2. The quantitative estimate of drug-likeness (QED) is 0.141. The van der Waals surface area contributed by atoms with Gasteiger partial charge in [0.2, 0.25) is 0 Å². The van der Waals surface area contributed by atoms with Crippen LogP contribution in [0.4, 0.5) is 21.9 Å². The zero-order valence-electron chi connectivity index (χ0n) is 22.6. The van der Waals surface area contributed by atoms with Crippen molar-refractivity contribution in [3.8, 4) is 0 Å². The highest BCUT2D eigenvalue weighted by molar-refractivity contribution is 6.37. The third-order valence-corrected chi connectivity index (χ3v) is 7.52. The summed E-state index contributed by atoms with van der Waals surface area (Å²) < 4.78 is 0. The number of nitro groups is 1. The van der Waals surface area contributed by atoms with Crippen LogP contribution in [0.25, 0.3) is 17.3 Å². The summed E-state index contributed by atoms with van der Waals surface area (Å²) in [7, 11) is 0. The molecule has 4 amide bonds. The van der Waals surface area contributed by atoms with Gasteiger partial charge in [0.15, 0.2) is 0 Å². The van der Waals surface area contributed by atoms with Gasteiger partial charge >= 0.3 is 6.03 Å². The summed E-state index contributed by atoms with van der Waals surface area (Å²) >= 11 is 0. The summed E-state index contributed by atoms with van der Waals surface area (Å²) in [5.74, 6) is -0.868. The Labute approximate surface area is 241 Å². The molecule has 0 atom stereocenters. The zero-order valence-corrected chi connectivity index (χ0v) is 22.6. The average molecular weight is 565 g/mol. The van der Waals surface area contributed by atoms with Gasteiger partial charge < -0.3 is 16.0 Å². The van der Waals surface area contributed by atoms with Crippen molar-refractivity contribution in [2.75, 3.05) is 23.7 Å². The van der Waals surface area contributed by atoms with Crippen LogP contribution in [0, 0.1) is 10.1 Å². The van der Waals surface area contributed by atoms with Crippen LogP contribution in [0.2, 0.25) is 0 Å². The summed E-state index contributed by atoms with van der Waals surface area (Å²) in [6, 6.07) is 18.9. The topological polar surface area (TPSA) is 146 Å². The second kappa shape index (κ2) is 11.3. The molecule has 2 saturated heterocycles. The van der Waals surface area contributed by atoms with Crippen LogP contribution in [-0.2, 0) is 16.1 Å². The molecule has 11 nitrogen and oxygen atoms in total. The van der Waals surface area contributed by atoms with E-state index in [1.165, 1.54) is 37.5 Å². The van der Waals surface area contributed by atoms with E-state index in [4.69, 9.17) is 0 Å². The summed E-state index contributed by atoms with van der Waals surface area (Å²) in [6.45, 7) is 3.01. The Morgan fingerprint density at radius 3 is 2.29 bits per heavy atom. The molecule has 3 aromatic carbocycles. The first kappa shape index (κ1) is 26.9. The average Bonchev–Trinajstić information content (AvgIpc) is 3.49. The lowest BCUT2D eigenvalue weighted by Gasteiger charge is -2.26. The van der Waals surface area contributed by atoms with Crippen LogP contribution in [0.1, 0.15) is 41.5 Å². The van der Waals surface area contributed by atoms with E-state index in [0.29, 0.717) is 33.8 Å². The third-order valence-electron chi connectivity index (χ3n) is 7.52. The Hall–Kier alpha value is -5.29. The van der Waals surface area contributed by atoms with Gasteiger partial charge in [-0.05, 0) is 66.9 Å². The largest absolute Gasteiger partial charge is 0.354 e. The molecule has 6 rings (SSSR count). The maximum atomic E-state index is 13.3. The number of carbonyl (C=O) groups excluding carboxylic acids is 3. The van der Waals surface area contributed by atoms with E-state index >= 15 is 0 Å². The fourth-order valence-corrected chi connectivity index (χ4v) is 5.40. The minimum atomic E-state index is -0.571. The van der Waals surface area contributed by atoms with Crippen LogP contribution < -0.4 is 21.3 Å². The van der Waals surface area contributed by atoms with Crippen molar-refractivity contribution < 1.29 is 19.3 Å². The van der Waals surface area contributed by atoms with E-state index in [1.54, 1.807) is 30.3 Å². The molecule has 2 fully saturated rings. The molecule has 11 heteroatoms. The van der Waals surface area contributed by atoms with Gasteiger partial charge in [-0.15, -0.1) is 0 Å². The number of hydrogen-bond acceptors (Lipinski definition) is 7. The number of non-ortho nitro benzene ring substituents is 1. The van der Waals surface area contributed by atoms with Crippen molar-refractivity contribution in [1.29, 1.82) is 0 Å². The predicted molar refractivity (Wildman–Crippen MR) is 159 cm³/mol. The van der Waals surface area contributed by atoms with Gasteiger partial charge in [-0.3, -0.25) is 29.9 Å². The number of anilines is 2. The molecule has 3 aliphatic rings. The standard InChI is InChI=1S/C31H28N6O5/c38-29-26(34-31(40)35-29)16-19-6-10-22(11-7-19)32-28(21-8-4-20(5-9-21)18-36-14-2-1-3-15-36)27-24-17-23(37(41)42)12-13-25(24)33-30(27)39/h4-13,16-17,32H,1-3,14-15,18H2,(H,33,39)(H2,34,35,38,40). The normalized spacial score (nSPS) is 18.8. The Bertz CT molecular complexity index is 1650. The SMILES string of the molecule is O=C1NC(=O)C(=Cc2ccc(NC(=C3C(=O)Nc4ccc([N+](=O)[O-])cc43)c3ccc(CN4CCCCC4)cc3)cc2)N1. The minimum absolute atomic E-state index is 0.112. The number of benzene rings is 3. The first-order valence-corrected chi connectivity index (χ1v) is 13.7. The second-order valence-corrected chi connectivity index (χ2v) is 10.4. The Morgan fingerprint density at radius 1 is 0.881 bits per heavy atom. The number of nitro benzene ring substituents is 1. The number of fused-ring (bicyclic) bond motifs is 1. The molecular formula is C31H28N6O5. The van der Waals surface area contributed by atoms with Crippen molar-refractivity contribution in [3.63, 3.8) is 0 Å². The first-order valence-electron chi connectivity index (χ1n) is 13.7. The van der Waals surface area contributed by atoms with Gasteiger partial charge in [0.1, 0.15) is 5.70 Å². The van der Waals surface area contributed by atoms with Crippen LogP contribution in [0.15, 0.2) is 72.4 Å². The molecule has 0 bridgehead atoms. The van der Waals surface area contributed by atoms with Crippen LogP contribution >= 0.6 is 0 Å². The molecule has 0 radical (unpaired) electrons. The summed E-state index contributed by atoms with van der Waals surface area (Å²) in [5.41, 5.74) is 5.04. The molecule has 0 aromatic heterocycles. The first-order chi connectivity index (χ1) is 20.3. The summed E-state index contributed by atoms with van der Waals surface area (Å²) in [4.78, 5) is 50.1. The smallest absolute Gasteiger partial charge is 0.326 e. The number of rotatable bonds is 7. The highest BCUT2D eigenvalue weighted by atomic mass is 16.6. The lowest BCUT2D eigenvalue weighted by Crippen LogP contribution is -2.29. The Kier molecular flexibility index (Phi) is 7.24. The van der Waals surface area contributed by atoms with Crippen LogP contribution in [0.3, 0.4) is 0 Å². The lowest BCUT2D eigenvalue weighted by atomic mass is 9.98. The fraction of sp³-hybridized carbons (Fsp3) is 0.194. The van der Waals surface area contributed by atoms with E-state index < -0.39 is 16.9 Å². The second-order valence-electron chi connectivity index (χ2n) is 10.4. The number of carbonyl (C=O) groups is 3. The molecule has 212 valence electrons. The molecule has 0 unspecified atom stereocenters. The Morgan fingerprint density at radius 2 is 1.62 bits per heavy atom. The van der Waals surface area contributed by atoms with Crippen LogP contribution in [-0.4, -0.2) is 40.8 Å². The molecule has 0 aliphatic carbocycles. The minimum Gasteiger partial charge on any atom is -0.354 e. The van der Waals surface area contributed by atoms with Crippen molar-refractivity contribution in [2.45, 2.75) is 25.8 Å². The molecule has 3 aliphatic heterocycles. The summed E-state index contributed by atoms with van der Waals surface area (Å²) in [6.07, 6.45) is 5.24. The van der Waals surface area contributed by atoms with Crippen molar-refractivity contribution >= 4 is 52.3 Å². The molecule has 0 saturated carbocycles. The Balaban J connectivity index is 1.35. The van der Waals surface area contributed by atoms with Crippen molar-refractivity contribution in [3.05, 3.63) is 105 Å². The monoisotopic (exact) mass is 564 g/mol. The number of urea groups is 1. The number of likely N-dealkylation sites (tertiary alicyclic amines) is 1. The molecule has 42 heavy (non-hydrogen) atoms. The third kappa shape index (κ3) is 5.63. The van der Waals surface area contributed by atoms with E-state index in [9.17, 15) is 24.5 Å². The lowest BCUT2D eigenvalue weighted by molar-refractivity contribution is -0.384. The van der Waals surface area contributed by atoms with Crippen molar-refractivity contribution in [2.24, 2.45) is 0 Å². The van der Waals surface area contributed by atoms with Crippen molar-refractivity contribution in [1.82, 2.24) is 15.5 Å². The number of nitrogens with one attached hydrogen (secondary N) is 4. The highest BCUT2D eigenvalue weighted by Crippen LogP contribution is 2.39. The molecule has 3 heterocycles. The van der Waals surface area contributed by atoms with Crippen LogP contribution in [0.5, 0.6) is 0 Å². The summed E-state index contributed by atoms with van der Waals surface area (Å²) in [5, 5.41) is 22.3. The number of piperidine rings is 1. The number of imide groups is 1. The van der Waals surface area contributed by atoms with Gasteiger partial charge in [-0.1, -0.05) is 42.8 Å². The van der Waals surface area contributed by atoms with Gasteiger partial charge in [0.05, 0.1) is 16.2 Å². The van der Waals surface area contributed by atoms with E-state index in [2.05, 4.69) is 26.2 Å². The number of nitrogens with zero attached hydrogens (tertiary/aromatic N) is 2. The predicted octanol–water partition coefficient (Wildman–Crippen LogP) is 4.69. The molecule has 4 N–H and O–H groups in total. The maximum Gasteiger partial charge on any atom is 0.326 e. The van der Waals surface area contributed by atoms with Gasteiger partial charge in [0, 0.05) is 35.6 Å².